The zero-order valence-corrected chi connectivity index (χ0v) is 12.1. The minimum Gasteiger partial charge on any atom is -0.310 e. The third-order valence-electron chi connectivity index (χ3n) is 5.01. The van der Waals surface area contributed by atoms with Crippen molar-refractivity contribution in [3.63, 3.8) is 0 Å². The molecule has 1 N–H and O–H groups in total. The molecule has 2 nitrogen and oxygen atoms in total. The Morgan fingerprint density at radius 3 is 2.22 bits per heavy atom. The van der Waals surface area contributed by atoms with Crippen molar-refractivity contribution in [2.45, 2.75) is 63.8 Å². The molecule has 0 aromatic carbocycles. The van der Waals surface area contributed by atoms with Gasteiger partial charge in [0.05, 0.1) is 0 Å². The molecule has 1 saturated heterocycles. The van der Waals surface area contributed by atoms with Crippen LogP contribution in [0.25, 0.3) is 0 Å². The summed E-state index contributed by atoms with van der Waals surface area (Å²) in [6.45, 7) is 7.70. The summed E-state index contributed by atoms with van der Waals surface area (Å²) in [5.41, 5.74) is 0.471. The molecule has 0 amide bonds. The van der Waals surface area contributed by atoms with E-state index in [2.05, 4.69) is 17.1 Å². The van der Waals surface area contributed by atoms with Crippen LogP contribution in [-0.4, -0.2) is 36.6 Å². The van der Waals surface area contributed by atoms with E-state index >= 15 is 0 Å². The van der Waals surface area contributed by atoms with Crippen LogP contribution in [0.5, 0.6) is 0 Å². The monoisotopic (exact) mass is 250 g/mol. The van der Waals surface area contributed by atoms with Crippen molar-refractivity contribution in [3.8, 4) is 0 Å². The van der Waals surface area contributed by atoms with Gasteiger partial charge in [-0.15, -0.1) is 0 Å². The van der Waals surface area contributed by atoms with E-state index in [0.29, 0.717) is 5.54 Å². The molecule has 0 bridgehead atoms. The van der Waals surface area contributed by atoms with E-state index in [1.54, 1.807) is 0 Å². The Kier molecular flexibility index (Phi) is 3.95. The maximum Gasteiger partial charge on any atom is 0.0309 e. The van der Waals surface area contributed by atoms with E-state index in [9.17, 15) is 0 Å². The fourth-order valence-electron chi connectivity index (χ4n) is 3.74. The van der Waals surface area contributed by atoms with Crippen molar-refractivity contribution in [1.29, 1.82) is 0 Å². The van der Waals surface area contributed by atoms with Crippen molar-refractivity contribution in [2.24, 2.45) is 11.8 Å². The Bertz CT molecular complexity index is 248. The Morgan fingerprint density at radius 1 is 1.11 bits per heavy atom. The first-order chi connectivity index (χ1) is 8.80. The summed E-state index contributed by atoms with van der Waals surface area (Å²) in [5, 5.41) is 3.85. The number of nitrogens with zero attached hydrogens (tertiary/aromatic N) is 1. The predicted octanol–water partition coefficient (Wildman–Crippen LogP) is 3.03. The molecule has 104 valence electrons. The maximum absolute atomic E-state index is 3.85. The molecule has 3 fully saturated rings. The summed E-state index contributed by atoms with van der Waals surface area (Å²) in [7, 11) is 0. The van der Waals surface area contributed by atoms with Crippen LogP contribution in [0, 0.1) is 11.8 Å². The van der Waals surface area contributed by atoms with Gasteiger partial charge in [0, 0.05) is 25.2 Å². The molecular formula is C16H30N2. The van der Waals surface area contributed by atoms with Gasteiger partial charge in [-0.2, -0.15) is 0 Å². The van der Waals surface area contributed by atoms with Gasteiger partial charge in [0.1, 0.15) is 0 Å². The van der Waals surface area contributed by atoms with E-state index in [1.165, 1.54) is 77.5 Å². The van der Waals surface area contributed by atoms with Crippen LogP contribution in [0.15, 0.2) is 0 Å². The zero-order valence-electron chi connectivity index (χ0n) is 12.1. The zero-order chi connectivity index (χ0) is 12.4. The SMILES string of the molecule is CCCC1(CN(CC2CC2)CC2CC2)CCCN1. The van der Waals surface area contributed by atoms with Gasteiger partial charge in [0.25, 0.3) is 0 Å². The lowest BCUT2D eigenvalue weighted by molar-refractivity contribution is 0.171. The molecule has 1 unspecified atom stereocenters. The molecule has 0 radical (unpaired) electrons. The van der Waals surface area contributed by atoms with Crippen molar-refractivity contribution >= 4 is 0 Å². The third-order valence-corrected chi connectivity index (χ3v) is 5.01. The molecule has 1 aliphatic heterocycles. The van der Waals surface area contributed by atoms with Crippen LogP contribution in [-0.2, 0) is 0 Å². The van der Waals surface area contributed by atoms with Crippen molar-refractivity contribution in [1.82, 2.24) is 10.2 Å². The Labute approximate surface area is 113 Å². The first-order valence-corrected chi connectivity index (χ1v) is 8.27. The smallest absolute Gasteiger partial charge is 0.0309 e. The second-order valence-corrected chi connectivity index (χ2v) is 7.14. The van der Waals surface area contributed by atoms with E-state index in [4.69, 9.17) is 0 Å². The van der Waals surface area contributed by atoms with Crippen LogP contribution in [0.3, 0.4) is 0 Å². The molecule has 2 saturated carbocycles. The molecule has 1 heterocycles. The molecule has 0 spiro atoms. The predicted molar refractivity (Wildman–Crippen MR) is 76.8 cm³/mol. The van der Waals surface area contributed by atoms with E-state index in [1.807, 2.05) is 0 Å². The molecule has 3 aliphatic rings. The van der Waals surface area contributed by atoms with Gasteiger partial charge in [-0.1, -0.05) is 13.3 Å². The lowest BCUT2D eigenvalue weighted by Gasteiger charge is -2.36. The molecule has 0 aromatic rings. The van der Waals surface area contributed by atoms with Gasteiger partial charge < -0.3 is 10.2 Å². The molecule has 0 aromatic heterocycles. The van der Waals surface area contributed by atoms with Crippen LogP contribution in [0.1, 0.15) is 58.3 Å². The number of nitrogens with one attached hydrogen (secondary N) is 1. The molecule has 2 heteroatoms. The first kappa shape index (κ1) is 12.9. The third kappa shape index (κ3) is 3.48. The highest BCUT2D eigenvalue weighted by atomic mass is 15.2. The minimum atomic E-state index is 0.471. The maximum atomic E-state index is 3.85. The summed E-state index contributed by atoms with van der Waals surface area (Å²) in [4.78, 5) is 2.82. The number of rotatable bonds is 8. The van der Waals surface area contributed by atoms with Crippen LogP contribution >= 0.6 is 0 Å². The van der Waals surface area contributed by atoms with Gasteiger partial charge in [0.2, 0.25) is 0 Å². The summed E-state index contributed by atoms with van der Waals surface area (Å²) >= 11 is 0. The van der Waals surface area contributed by atoms with Gasteiger partial charge in [-0.05, 0) is 63.3 Å². The summed E-state index contributed by atoms with van der Waals surface area (Å²) in [6, 6.07) is 0. The topological polar surface area (TPSA) is 15.3 Å². The fraction of sp³-hybridized carbons (Fsp3) is 1.00. The second kappa shape index (κ2) is 5.50. The number of hydrogen-bond acceptors (Lipinski definition) is 2. The standard InChI is InChI=1S/C16H30N2/c1-2-8-16(9-3-10-17-16)13-18(11-14-4-5-14)12-15-6-7-15/h14-15,17H,2-13H2,1H3. The average molecular weight is 250 g/mol. The Hall–Kier alpha value is -0.0800. The van der Waals surface area contributed by atoms with E-state index in [-0.39, 0.29) is 0 Å². The van der Waals surface area contributed by atoms with Crippen LogP contribution in [0.4, 0.5) is 0 Å². The lowest BCUT2D eigenvalue weighted by atomic mass is 9.91. The summed E-state index contributed by atoms with van der Waals surface area (Å²) in [6.07, 6.45) is 11.5. The summed E-state index contributed by atoms with van der Waals surface area (Å²) < 4.78 is 0. The van der Waals surface area contributed by atoms with E-state index < -0.39 is 0 Å². The van der Waals surface area contributed by atoms with Gasteiger partial charge in [-0.3, -0.25) is 0 Å². The average Bonchev–Trinajstić information content (AvgIpc) is 3.24. The normalized spacial score (nSPS) is 32.3. The van der Waals surface area contributed by atoms with Crippen LogP contribution < -0.4 is 5.32 Å². The fourth-order valence-corrected chi connectivity index (χ4v) is 3.74. The highest BCUT2D eigenvalue weighted by Crippen LogP contribution is 2.35. The Balaban J connectivity index is 1.57. The van der Waals surface area contributed by atoms with Gasteiger partial charge in [0.15, 0.2) is 0 Å². The number of hydrogen-bond donors (Lipinski definition) is 1. The lowest BCUT2D eigenvalue weighted by Crippen LogP contribution is -2.50. The molecule has 1 atom stereocenters. The molecule has 18 heavy (non-hydrogen) atoms. The quantitative estimate of drug-likeness (QED) is 0.712. The highest BCUT2D eigenvalue weighted by molar-refractivity contribution is 4.96. The van der Waals surface area contributed by atoms with Crippen molar-refractivity contribution < 1.29 is 0 Å². The van der Waals surface area contributed by atoms with Crippen LogP contribution in [0.2, 0.25) is 0 Å². The highest BCUT2D eigenvalue weighted by Gasteiger charge is 2.37. The molecular weight excluding hydrogens is 220 g/mol. The van der Waals surface area contributed by atoms with Crippen molar-refractivity contribution in [3.05, 3.63) is 0 Å². The molecule has 2 aliphatic carbocycles. The van der Waals surface area contributed by atoms with Gasteiger partial charge >= 0.3 is 0 Å². The van der Waals surface area contributed by atoms with E-state index in [0.717, 1.165) is 11.8 Å². The summed E-state index contributed by atoms with van der Waals surface area (Å²) in [5.74, 6) is 2.09. The molecule has 3 rings (SSSR count). The first-order valence-electron chi connectivity index (χ1n) is 8.27. The van der Waals surface area contributed by atoms with Crippen molar-refractivity contribution in [2.75, 3.05) is 26.2 Å². The van der Waals surface area contributed by atoms with Gasteiger partial charge in [-0.25, -0.2) is 0 Å². The Morgan fingerprint density at radius 2 is 1.78 bits per heavy atom. The minimum absolute atomic E-state index is 0.471. The second-order valence-electron chi connectivity index (χ2n) is 7.14. The largest absolute Gasteiger partial charge is 0.310 e.